The first-order chi connectivity index (χ1) is 14.1. The molecule has 1 N–H and O–H groups in total. The number of aromatic nitrogens is 2. The normalized spacial score (nSPS) is 16.1. The highest BCUT2D eigenvalue weighted by Gasteiger charge is 2.31. The first-order valence-corrected chi connectivity index (χ1v) is 9.64. The van der Waals surface area contributed by atoms with Crippen LogP contribution in [0.4, 0.5) is 5.69 Å². The van der Waals surface area contributed by atoms with Crippen molar-refractivity contribution in [1.82, 2.24) is 15.3 Å². The highest BCUT2D eigenvalue weighted by Crippen LogP contribution is 2.25. The van der Waals surface area contributed by atoms with E-state index in [0.29, 0.717) is 36.6 Å². The zero-order chi connectivity index (χ0) is 20.2. The Morgan fingerprint density at radius 1 is 1.10 bits per heavy atom. The second kappa shape index (κ2) is 8.22. The van der Waals surface area contributed by atoms with Gasteiger partial charge in [-0.3, -0.25) is 9.59 Å². The molecule has 1 aliphatic rings. The van der Waals surface area contributed by atoms with Crippen LogP contribution in [-0.4, -0.2) is 34.9 Å². The van der Waals surface area contributed by atoms with Crippen molar-refractivity contribution in [3.63, 3.8) is 0 Å². The fraction of sp³-hybridized carbons (Fsp3) is 0.217. The van der Waals surface area contributed by atoms with Gasteiger partial charge in [-0.25, -0.2) is 9.97 Å². The monoisotopic (exact) mass is 386 g/mol. The lowest BCUT2D eigenvalue weighted by Gasteiger charge is -2.17. The summed E-state index contributed by atoms with van der Waals surface area (Å²) in [4.78, 5) is 35.7. The summed E-state index contributed by atoms with van der Waals surface area (Å²) in [5, 5.41) is 2.97. The highest BCUT2D eigenvalue weighted by molar-refractivity contribution is 6.00. The third-order valence-corrected chi connectivity index (χ3v) is 5.03. The summed E-state index contributed by atoms with van der Waals surface area (Å²) < 4.78 is 0. The number of hydrogen-bond acceptors (Lipinski definition) is 4. The molecule has 1 aromatic heterocycles. The summed E-state index contributed by atoms with van der Waals surface area (Å²) in [6.45, 7) is 2.82. The maximum absolute atomic E-state index is 12.9. The summed E-state index contributed by atoms with van der Waals surface area (Å²) in [6.07, 6.45) is 1.99. The fourth-order valence-corrected chi connectivity index (χ4v) is 3.56. The maximum atomic E-state index is 12.9. The second-order valence-corrected chi connectivity index (χ2v) is 7.17. The Morgan fingerprint density at radius 2 is 1.79 bits per heavy atom. The zero-order valence-corrected chi connectivity index (χ0v) is 16.2. The molecule has 2 heterocycles. The number of carbonyl (C=O) groups excluding carboxylic acids is 2. The SMILES string of the molecule is Cc1ncc(C(=O)NCC2CC(=O)N(c3ccccc3)C2)c(-c2ccccc2)n1. The molecular formula is C23H22N4O2. The third kappa shape index (κ3) is 4.16. The fourth-order valence-electron chi connectivity index (χ4n) is 3.56. The van der Waals surface area contributed by atoms with Crippen LogP contribution >= 0.6 is 0 Å². The van der Waals surface area contributed by atoms with Crippen LogP contribution in [-0.2, 0) is 4.79 Å². The molecule has 1 unspecified atom stereocenters. The molecule has 1 aliphatic heterocycles. The van der Waals surface area contributed by atoms with Gasteiger partial charge in [-0.15, -0.1) is 0 Å². The van der Waals surface area contributed by atoms with Crippen molar-refractivity contribution < 1.29 is 9.59 Å². The minimum Gasteiger partial charge on any atom is -0.352 e. The molecule has 0 bridgehead atoms. The molecule has 146 valence electrons. The lowest BCUT2D eigenvalue weighted by Crippen LogP contribution is -2.31. The smallest absolute Gasteiger partial charge is 0.255 e. The minimum atomic E-state index is -0.227. The van der Waals surface area contributed by atoms with E-state index in [4.69, 9.17) is 0 Å². The summed E-state index contributed by atoms with van der Waals surface area (Å²) in [7, 11) is 0. The van der Waals surface area contributed by atoms with E-state index < -0.39 is 0 Å². The van der Waals surface area contributed by atoms with Gasteiger partial charge in [0.25, 0.3) is 5.91 Å². The van der Waals surface area contributed by atoms with Crippen LogP contribution in [0.2, 0.25) is 0 Å². The molecule has 1 fully saturated rings. The number of para-hydroxylation sites is 1. The summed E-state index contributed by atoms with van der Waals surface area (Å²) in [5.41, 5.74) is 2.81. The van der Waals surface area contributed by atoms with Gasteiger partial charge < -0.3 is 10.2 Å². The lowest BCUT2D eigenvalue weighted by molar-refractivity contribution is -0.117. The molecule has 0 radical (unpaired) electrons. The lowest BCUT2D eigenvalue weighted by atomic mass is 10.1. The average molecular weight is 386 g/mol. The van der Waals surface area contributed by atoms with Crippen LogP contribution in [0.25, 0.3) is 11.3 Å². The number of aryl methyl sites for hydroxylation is 1. The van der Waals surface area contributed by atoms with Crippen LogP contribution in [0, 0.1) is 12.8 Å². The quantitative estimate of drug-likeness (QED) is 0.730. The van der Waals surface area contributed by atoms with Crippen LogP contribution in [0.1, 0.15) is 22.6 Å². The largest absolute Gasteiger partial charge is 0.352 e. The Bertz CT molecular complexity index is 1020. The van der Waals surface area contributed by atoms with Gasteiger partial charge in [0.05, 0.1) is 11.3 Å². The Kier molecular flexibility index (Phi) is 5.33. The van der Waals surface area contributed by atoms with E-state index in [2.05, 4.69) is 15.3 Å². The molecule has 1 atom stereocenters. The molecule has 0 spiro atoms. The molecular weight excluding hydrogens is 364 g/mol. The van der Waals surface area contributed by atoms with Gasteiger partial charge >= 0.3 is 0 Å². The molecule has 2 amide bonds. The number of nitrogens with one attached hydrogen (secondary N) is 1. The van der Waals surface area contributed by atoms with Gasteiger partial charge in [-0.1, -0.05) is 48.5 Å². The molecule has 0 saturated carbocycles. The molecule has 0 aliphatic carbocycles. The van der Waals surface area contributed by atoms with E-state index in [0.717, 1.165) is 11.3 Å². The molecule has 6 nitrogen and oxygen atoms in total. The van der Waals surface area contributed by atoms with Crippen molar-refractivity contribution in [2.75, 3.05) is 18.0 Å². The Balaban J connectivity index is 1.45. The molecule has 6 heteroatoms. The van der Waals surface area contributed by atoms with Crippen molar-refractivity contribution in [2.45, 2.75) is 13.3 Å². The van der Waals surface area contributed by atoms with Crippen LogP contribution in [0.15, 0.2) is 66.9 Å². The van der Waals surface area contributed by atoms with Crippen molar-refractivity contribution >= 4 is 17.5 Å². The van der Waals surface area contributed by atoms with E-state index in [1.807, 2.05) is 60.7 Å². The standard InChI is InChI=1S/C23H22N4O2/c1-16-24-14-20(22(26-16)18-8-4-2-5-9-18)23(29)25-13-17-12-21(28)27(15-17)19-10-6-3-7-11-19/h2-11,14,17H,12-13,15H2,1H3,(H,25,29). The highest BCUT2D eigenvalue weighted by atomic mass is 16.2. The van der Waals surface area contributed by atoms with E-state index in [-0.39, 0.29) is 17.7 Å². The first-order valence-electron chi connectivity index (χ1n) is 9.64. The van der Waals surface area contributed by atoms with E-state index in [1.165, 1.54) is 0 Å². The number of benzene rings is 2. The van der Waals surface area contributed by atoms with Crippen molar-refractivity contribution in [1.29, 1.82) is 0 Å². The molecule has 3 aromatic rings. The molecule has 4 rings (SSSR count). The molecule has 29 heavy (non-hydrogen) atoms. The van der Waals surface area contributed by atoms with Gasteiger partial charge in [-0.2, -0.15) is 0 Å². The number of nitrogens with zero attached hydrogens (tertiary/aromatic N) is 3. The minimum absolute atomic E-state index is 0.0678. The zero-order valence-electron chi connectivity index (χ0n) is 16.2. The van der Waals surface area contributed by atoms with Gasteiger partial charge in [0.1, 0.15) is 5.82 Å². The summed E-state index contributed by atoms with van der Waals surface area (Å²) in [6, 6.07) is 19.2. The predicted octanol–water partition coefficient (Wildman–Crippen LogP) is 3.23. The summed E-state index contributed by atoms with van der Waals surface area (Å²) >= 11 is 0. The van der Waals surface area contributed by atoms with Gasteiger partial charge in [0.15, 0.2) is 0 Å². The number of hydrogen-bond donors (Lipinski definition) is 1. The van der Waals surface area contributed by atoms with E-state index >= 15 is 0 Å². The Hall–Kier alpha value is -3.54. The predicted molar refractivity (Wildman–Crippen MR) is 111 cm³/mol. The number of rotatable bonds is 5. The van der Waals surface area contributed by atoms with Crippen LogP contribution in [0.3, 0.4) is 0 Å². The third-order valence-electron chi connectivity index (χ3n) is 5.03. The van der Waals surface area contributed by atoms with Crippen LogP contribution in [0.5, 0.6) is 0 Å². The van der Waals surface area contributed by atoms with Crippen LogP contribution < -0.4 is 10.2 Å². The number of anilines is 1. The average Bonchev–Trinajstić information content (AvgIpc) is 3.14. The van der Waals surface area contributed by atoms with E-state index in [9.17, 15) is 9.59 Å². The van der Waals surface area contributed by atoms with Crippen molar-refractivity contribution in [3.05, 3.63) is 78.2 Å². The second-order valence-electron chi connectivity index (χ2n) is 7.17. The first kappa shape index (κ1) is 18.8. The summed E-state index contributed by atoms with van der Waals surface area (Å²) in [5.74, 6) is 0.534. The van der Waals surface area contributed by atoms with Crippen molar-refractivity contribution in [3.8, 4) is 11.3 Å². The topological polar surface area (TPSA) is 75.2 Å². The molecule has 1 saturated heterocycles. The van der Waals surface area contributed by atoms with Crippen molar-refractivity contribution in [2.24, 2.45) is 5.92 Å². The van der Waals surface area contributed by atoms with E-state index in [1.54, 1.807) is 18.0 Å². The van der Waals surface area contributed by atoms with Gasteiger partial charge in [0.2, 0.25) is 5.91 Å². The maximum Gasteiger partial charge on any atom is 0.255 e. The van der Waals surface area contributed by atoms with Gasteiger partial charge in [0, 0.05) is 42.9 Å². The van der Waals surface area contributed by atoms with Gasteiger partial charge in [-0.05, 0) is 19.1 Å². The Morgan fingerprint density at radius 3 is 2.52 bits per heavy atom. The number of amides is 2. The Labute approximate surface area is 169 Å². The molecule has 2 aromatic carbocycles. The number of carbonyl (C=O) groups is 2.